The number of carbonyl (C=O) groups excluding carboxylic acids is 1. The van der Waals surface area contributed by atoms with Gasteiger partial charge in [-0.15, -0.1) is 0 Å². The molecule has 0 saturated carbocycles. The first-order chi connectivity index (χ1) is 13.6. The van der Waals surface area contributed by atoms with Crippen molar-refractivity contribution < 1.29 is 15.7 Å². The third-order valence-corrected chi connectivity index (χ3v) is 5.71. The van der Waals surface area contributed by atoms with Gasteiger partial charge in [-0.25, -0.2) is 9.78 Å². The SMILES string of the molecule is CCOC(=O)c1ncc2[nH]c3ccc(C4CCN(C)CC4)cc3c2c1COC.[HH]. The molecule has 3 aromatic rings. The molecule has 4 rings (SSSR count). The van der Waals surface area contributed by atoms with Crippen molar-refractivity contribution in [2.24, 2.45) is 0 Å². The number of aromatic nitrogens is 2. The molecule has 1 aromatic carbocycles. The maximum Gasteiger partial charge on any atom is 0.357 e. The van der Waals surface area contributed by atoms with E-state index in [0.717, 1.165) is 40.5 Å². The number of hydrogen-bond acceptors (Lipinski definition) is 5. The second-order valence-electron chi connectivity index (χ2n) is 7.54. The summed E-state index contributed by atoms with van der Waals surface area (Å²) in [6.07, 6.45) is 4.06. The number of benzene rings is 1. The van der Waals surface area contributed by atoms with Crippen molar-refractivity contribution >= 4 is 27.8 Å². The molecule has 0 atom stereocenters. The minimum absolute atomic E-state index is 0. The first-order valence-electron chi connectivity index (χ1n) is 9.90. The summed E-state index contributed by atoms with van der Waals surface area (Å²) in [7, 11) is 3.81. The smallest absolute Gasteiger partial charge is 0.357 e. The number of methoxy groups -OCH3 is 1. The average Bonchev–Trinajstić information content (AvgIpc) is 3.07. The molecule has 1 aliphatic heterocycles. The fraction of sp³-hybridized carbons (Fsp3) is 0.455. The lowest BCUT2D eigenvalue weighted by molar-refractivity contribution is 0.0514. The molecular weight excluding hydrogens is 354 g/mol. The number of likely N-dealkylation sites (tertiary alicyclic amines) is 1. The lowest BCUT2D eigenvalue weighted by Gasteiger charge is -2.29. The number of pyridine rings is 1. The number of hydrogen-bond donors (Lipinski definition) is 1. The van der Waals surface area contributed by atoms with Crippen LogP contribution in [0.5, 0.6) is 0 Å². The fourth-order valence-corrected chi connectivity index (χ4v) is 4.23. The van der Waals surface area contributed by atoms with E-state index in [1.54, 1.807) is 20.2 Å². The van der Waals surface area contributed by atoms with Crippen LogP contribution in [0.3, 0.4) is 0 Å². The van der Waals surface area contributed by atoms with Gasteiger partial charge in [0.25, 0.3) is 0 Å². The number of ether oxygens (including phenoxy) is 2. The summed E-state index contributed by atoms with van der Waals surface area (Å²) in [5, 5.41) is 2.12. The van der Waals surface area contributed by atoms with E-state index in [1.807, 2.05) is 0 Å². The Morgan fingerprint density at radius 3 is 2.82 bits per heavy atom. The molecule has 28 heavy (non-hydrogen) atoms. The first-order valence-corrected chi connectivity index (χ1v) is 9.90. The quantitative estimate of drug-likeness (QED) is 0.672. The van der Waals surface area contributed by atoms with E-state index in [1.165, 1.54) is 18.4 Å². The Hall–Kier alpha value is -2.44. The summed E-state index contributed by atoms with van der Waals surface area (Å²) in [6.45, 7) is 4.68. The molecular formula is C22H29N3O3. The standard InChI is InChI=1S/C22H27N3O3.H2/c1-4-28-22(26)21-17(13-27-3)20-16-11-15(14-7-9-25(2)10-8-14)5-6-18(16)24-19(20)12-23-21;/h5-6,11-12,14,24H,4,7-10,13H2,1-3H3;1H. The summed E-state index contributed by atoms with van der Waals surface area (Å²) < 4.78 is 10.6. The van der Waals surface area contributed by atoms with Gasteiger partial charge >= 0.3 is 5.97 Å². The molecule has 1 N–H and O–H groups in total. The number of H-pyrrole nitrogens is 1. The second-order valence-corrected chi connectivity index (χ2v) is 7.54. The Balaban J connectivity index is 0.00000240. The monoisotopic (exact) mass is 383 g/mol. The summed E-state index contributed by atoms with van der Waals surface area (Å²) in [5.41, 5.74) is 4.44. The highest BCUT2D eigenvalue weighted by Crippen LogP contribution is 2.35. The maximum atomic E-state index is 12.4. The molecule has 0 radical (unpaired) electrons. The third kappa shape index (κ3) is 3.38. The minimum atomic E-state index is -0.405. The molecule has 150 valence electrons. The molecule has 0 unspecified atom stereocenters. The Morgan fingerprint density at radius 2 is 2.11 bits per heavy atom. The minimum Gasteiger partial charge on any atom is -0.461 e. The Bertz CT molecular complexity index is 1010. The Morgan fingerprint density at radius 1 is 1.32 bits per heavy atom. The van der Waals surface area contributed by atoms with E-state index in [-0.39, 0.29) is 1.43 Å². The number of piperidine rings is 1. The van der Waals surface area contributed by atoms with Gasteiger partial charge in [-0.1, -0.05) is 6.07 Å². The number of esters is 1. The van der Waals surface area contributed by atoms with Gasteiger partial charge in [0.2, 0.25) is 0 Å². The topological polar surface area (TPSA) is 67.5 Å². The van der Waals surface area contributed by atoms with Gasteiger partial charge in [0.1, 0.15) is 0 Å². The summed E-state index contributed by atoms with van der Waals surface area (Å²) in [6, 6.07) is 6.64. The molecule has 6 nitrogen and oxygen atoms in total. The van der Waals surface area contributed by atoms with Crippen LogP contribution < -0.4 is 0 Å². The first kappa shape index (κ1) is 18.9. The van der Waals surface area contributed by atoms with Crippen LogP contribution in [0.4, 0.5) is 0 Å². The van der Waals surface area contributed by atoms with Crippen LogP contribution in [0, 0.1) is 0 Å². The third-order valence-electron chi connectivity index (χ3n) is 5.71. The molecule has 3 heterocycles. The zero-order valence-corrected chi connectivity index (χ0v) is 16.7. The van der Waals surface area contributed by atoms with Crippen molar-refractivity contribution in [3.05, 3.63) is 41.2 Å². The van der Waals surface area contributed by atoms with Crippen LogP contribution in [-0.4, -0.2) is 54.7 Å². The highest BCUT2D eigenvalue weighted by Gasteiger charge is 2.22. The maximum absolute atomic E-state index is 12.4. The van der Waals surface area contributed by atoms with Crippen molar-refractivity contribution in [3.8, 4) is 0 Å². The number of rotatable bonds is 5. The molecule has 1 aliphatic rings. The van der Waals surface area contributed by atoms with Gasteiger partial charge in [0.15, 0.2) is 5.69 Å². The Kier molecular flexibility index (Phi) is 5.33. The van der Waals surface area contributed by atoms with Gasteiger partial charge in [0, 0.05) is 30.4 Å². The van der Waals surface area contributed by atoms with Crippen molar-refractivity contribution in [3.63, 3.8) is 0 Å². The number of fused-ring (bicyclic) bond motifs is 3. The van der Waals surface area contributed by atoms with Crippen molar-refractivity contribution in [1.29, 1.82) is 0 Å². The van der Waals surface area contributed by atoms with Gasteiger partial charge in [-0.2, -0.15) is 0 Å². The van der Waals surface area contributed by atoms with Crippen LogP contribution >= 0.6 is 0 Å². The van der Waals surface area contributed by atoms with Crippen molar-refractivity contribution in [1.82, 2.24) is 14.9 Å². The van der Waals surface area contributed by atoms with Gasteiger partial charge in [0.05, 0.1) is 24.9 Å². The lowest BCUT2D eigenvalue weighted by atomic mass is 9.88. The predicted molar refractivity (Wildman–Crippen MR) is 112 cm³/mol. The van der Waals surface area contributed by atoms with Gasteiger partial charge in [-0.3, -0.25) is 0 Å². The largest absolute Gasteiger partial charge is 0.461 e. The van der Waals surface area contributed by atoms with E-state index in [0.29, 0.717) is 24.8 Å². The summed E-state index contributed by atoms with van der Waals surface area (Å²) in [5.74, 6) is 0.167. The predicted octanol–water partition coefficient (Wildman–Crippen LogP) is 4.09. The van der Waals surface area contributed by atoms with E-state index in [4.69, 9.17) is 9.47 Å². The van der Waals surface area contributed by atoms with Crippen LogP contribution in [0.25, 0.3) is 21.8 Å². The fourth-order valence-electron chi connectivity index (χ4n) is 4.23. The Labute approximate surface area is 166 Å². The van der Waals surface area contributed by atoms with Crippen LogP contribution in [0.1, 0.15) is 48.7 Å². The molecule has 1 saturated heterocycles. The zero-order valence-electron chi connectivity index (χ0n) is 16.7. The second kappa shape index (κ2) is 7.89. The number of nitrogens with zero attached hydrogens (tertiary/aromatic N) is 2. The summed E-state index contributed by atoms with van der Waals surface area (Å²) in [4.78, 5) is 22.6. The number of nitrogens with one attached hydrogen (secondary N) is 1. The lowest BCUT2D eigenvalue weighted by Crippen LogP contribution is -2.29. The normalized spacial score (nSPS) is 16.1. The van der Waals surface area contributed by atoms with Gasteiger partial charge in [-0.05, 0) is 63.5 Å². The molecule has 0 bridgehead atoms. The number of carbonyl (C=O) groups is 1. The number of aromatic amines is 1. The van der Waals surface area contributed by atoms with E-state index >= 15 is 0 Å². The van der Waals surface area contributed by atoms with Crippen molar-refractivity contribution in [2.75, 3.05) is 33.9 Å². The summed E-state index contributed by atoms with van der Waals surface area (Å²) >= 11 is 0. The van der Waals surface area contributed by atoms with Crippen molar-refractivity contribution in [2.45, 2.75) is 32.3 Å². The van der Waals surface area contributed by atoms with Crippen LogP contribution in [0.2, 0.25) is 0 Å². The molecule has 2 aromatic heterocycles. The van der Waals surface area contributed by atoms with Gasteiger partial charge < -0.3 is 19.4 Å². The molecule has 0 amide bonds. The zero-order chi connectivity index (χ0) is 19.7. The van der Waals surface area contributed by atoms with Crippen LogP contribution in [-0.2, 0) is 16.1 Å². The molecule has 0 spiro atoms. The van der Waals surface area contributed by atoms with E-state index < -0.39 is 5.97 Å². The molecule has 1 fully saturated rings. The van der Waals surface area contributed by atoms with E-state index in [9.17, 15) is 4.79 Å². The van der Waals surface area contributed by atoms with Crippen LogP contribution in [0.15, 0.2) is 24.4 Å². The molecule has 0 aliphatic carbocycles. The molecule has 6 heteroatoms. The van der Waals surface area contributed by atoms with E-state index in [2.05, 4.69) is 40.1 Å². The highest BCUT2D eigenvalue weighted by atomic mass is 16.5. The average molecular weight is 383 g/mol. The highest BCUT2D eigenvalue weighted by molar-refractivity contribution is 6.11.